The molecule has 1 aromatic rings. The van der Waals surface area contributed by atoms with Crippen molar-refractivity contribution in [2.24, 2.45) is 0 Å². The molecule has 0 aromatic heterocycles. The van der Waals surface area contributed by atoms with Gasteiger partial charge in [-0.1, -0.05) is 16.1 Å². The molecule has 1 aromatic carbocycles. The molecule has 16 heavy (non-hydrogen) atoms. The van der Waals surface area contributed by atoms with Crippen LogP contribution in [0.5, 0.6) is 0 Å². The molecule has 2 N–H and O–H groups in total. The summed E-state index contributed by atoms with van der Waals surface area (Å²) < 4.78 is 24.5. The van der Waals surface area contributed by atoms with Gasteiger partial charge in [-0.05, 0) is 24.6 Å². The van der Waals surface area contributed by atoms with E-state index in [9.17, 15) is 8.42 Å². The number of benzene rings is 1. The van der Waals surface area contributed by atoms with E-state index >= 15 is 0 Å². The van der Waals surface area contributed by atoms with Gasteiger partial charge in [0.1, 0.15) is 4.90 Å². The molecule has 5 nitrogen and oxygen atoms in total. The van der Waals surface area contributed by atoms with Crippen LogP contribution in [-0.4, -0.2) is 27.0 Å². The first-order valence-electron chi connectivity index (χ1n) is 4.39. The van der Waals surface area contributed by atoms with Crippen LogP contribution in [0.25, 0.3) is 0 Å². The number of sulfonamides is 1. The van der Waals surface area contributed by atoms with Gasteiger partial charge in [0.15, 0.2) is 0 Å². The van der Waals surface area contributed by atoms with Crippen molar-refractivity contribution < 1.29 is 13.3 Å². The molecule has 0 bridgehead atoms. The van der Waals surface area contributed by atoms with E-state index in [0.29, 0.717) is 5.69 Å². The molecular weight excluding hydrogens is 252 g/mol. The zero-order chi connectivity index (χ0) is 12.5. The van der Waals surface area contributed by atoms with Crippen molar-refractivity contribution in [3.8, 4) is 0 Å². The number of hydrogen-bond donors (Lipinski definition) is 1. The molecular formula is C9H13ClN2O3S. The van der Waals surface area contributed by atoms with Crippen molar-refractivity contribution >= 4 is 27.3 Å². The first-order valence-corrected chi connectivity index (χ1v) is 6.21. The van der Waals surface area contributed by atoms with Gasteiger partial charge in [0.2, 0.25) is 0 Å². The predicted molar refractivity (Wildman–Crippen MR) is 62.6 cm³/mol. The number of halogens is 1. The second kappa shape index (κ2) is 4.58. The van der Waals surface area contributed by atoms with Crippen molar-refractivity contribution in [3.63, 3.8) is 0 Å². The topological polar surface area (TPSA) is 72.6 Å². The third-order valence-corrected chi connectivity index (χ3v) is 4.34. The van der Waals surface area contributed by atoms with Crippen LogP contribution < -0.4 is 5.73 Å². The van der Waals surface area contributed by atoms with Crippen molar-refractivity contribution in [1.29, 1.82) is 0 Å². The molecule has 0 amide bonds. The standard InChI is InChI=1S/C9H13ClN2O3S/c1-6-4-7(10)9(5-8(6)11)16(13,14)12(2)15-3/h4-5H,11H2,1-3H3. The average Bonchev–Trinajstić information content (AvgIpc) is 2.21. The van der Waals surface area contributed by atoms with Gasteiger partial charge < -0.3 is 5.73 Å². The Labute approximate surface area is 99.8 Å². The van der Waals surface area contributed by atoms with Crippen molar-refractivity contribution in [3.05, 3.63) is 22.7 Å². The molecule has 0 aliphatic heterocycles. The van der Waals surface area contributed by atoms with Gasteiger partial charge in [0, 0.05) is 12.7 Å². The lowest BCUT2D eigenvalue weighted by molar-refractivity contribution is -0.0258. The molecule has 0 unspecified atom stereocenters. The van der Waals surface area contributed by atoms with E-state index in [1.807, 2.05) is 0 Å². The third-order valence-electron chi connectivity index (χ3n) is 2.19. The zero-order valence-corrected chi connectivity index (χ0v) is 10.8. The summed E-state index contributed by atoms with van der Waals surface area (Å²) in [6.45, 7) is 1.75. The highest BCUT2D eigenvalue weighted by molar-refractivity contribution is 7.89. The molecule has 0 spiro atoms. The van der Waals surface area contributed by atoms with Crippen LogP contribution in [0, 0.1) is 6.92 Å². The molecule has 0 saturated heterocycles. The maximum atomic E-state index is 11.9. The summed E-state index contributed by atoms with van der Waals surface area (Å²) in [6.07, 6.45) is 0. The molecule has 0 fully saturated rings. The number of anilines is 1. The van der Waals surface area contributed by atoms with Gasteiger partial charge >= 0.3 is 0 Å². The van der Waals surface area contributed by atoms with E-state index in [1.54, 1.807) is 6.92 Å². The Morgan fingerprint density at radius 2 is 2.00 bits per heavy atom. The maximum absolute atomic E-state index is 11.9. The smallest absolute Gasteiger partial charge is 0.266 e. The van der Waals surface area contributed by atoms with Gasteiger partial charge in [-0.15, -0.1) is 0 Å². The minimum absolute atomic E-state index is 0.0679. The number of nitrogens with two attached hydrogens (primary N) is 1. The summed E-state index contributed by atoms with van der Waals surface area (Å²) in [5, 5.41) is 0.121. The monoisotopic (exact) mass is 264 g/mol. The van der Waals surface area contributed by atoms with Crippen LogP contribution in [0.1, 0.15) is 5.56 Å². The molecule has 0 aliphatic carbocycles. The molecule has 1 rings (SSSR count). The molecule has 0 heterocycles. The van der Waals surface area contributed by atoms with E-state index in [1.165, 1.54) is 26.3 Å². The fourth-order valence-corrected chi connectivity index (χ4v) is 2.67. The van der Waals surface area contributed by atoms with E-state index in [-0.39, 0.29) is 9.92 Å². The summed E-state index contributed by atoms with van der Waals surface area (Å²) in [5.41, 5.74) is 6.74. The van der Waals surface area contributed by atoms with E-state index in [0.717, 1.165) is 10.0 Å². The number of nitrogen functional groups attached to an aromatic ring is 1. The Balaban J connectivity index is 3.40. The van der Waals surface area contributed by atoms with Crippen molar-refractivity contribution in [2.45, 2.75) is 11.8 Å². The normalized spacial score (nSPS) is 12.1. The summed E-state index contributed by atoms with van der Waals surface area (Å²) in [4.78, 5) is 4.57. The summed E-state index contributed by atoms with van der Waals surface area (Å²) in [7, 11) is -1.23. The second-order valence-corrected chi connectivity index (χ2v) is 5.55. The van der Waals surface area contributed by atoms with Crippen molar-refractivity contribution in [2.75, 3.05) is 19.9 Å². The number of nitrogens with zero attached hydrogens (tertiary/aromatic N) is 1. The number of aryl methyl sites for hydroxylation is 1. The molecule has 7 heteroatoms. The van der Waals surface area contributed by atoms with Crippen LogP contribution in [0.2, 0.25) is 5.02 Å². The summed E-state index contributed by atoms with van der Waals surface area (Å²) in [5.74, 6) is 0. The van der Waals surface area contributed by atoms with Gasteiger partial charge in [-0.25, -0.2) is 8.42 Å². The van der Waals surface area contributed by atoms with E-state index in [2.05, 4.69) is 4.84 Å². The van der Waals surface area contributed by atoms with Crippen LogP contribution in [0.4, 0.5) is 5.69 Å². The molecule has 0 atom stereocenters. The highest BCUT2D eigenvalue weighted by atomic mass is 35.5. The average molecular weight is 265 g/mol. The fraction of sp³-hybridized carbons (Fsp3) is 0.333. The highest BCUT2D eigenvalue weighted by Crippen LogP contribution is 2.28. The van der Waals surface area contributed by atoms with Crippen LogP contribution in [0.15, 0.2) is 17.0 Å². The Hall–Kier alpha value is -0.820. The molecule has 0 saturated carbocycles. The Bertz CT molecular complexity index is 502. The van der Waals surface area contributed by atoms with Crippen LogP contribution in [-0.2, 0) is 14.9 Å². The largest absolute Gasteiger partial charge is 0.398 e. The number of hydroxylamine groups is 1. The lowest BCUT2D eigenvalue weighted by atomic mass is 10.2. The Kier molecular flexibility index (Phi) is 3.80. The Morgan fingerprint density at radius 3 is 2.50 bits per heavy atom. The SMILES string of the molecule is CON(C)S(=O)(=O)c1cc(N)c(C)cc1Cl. The zero-order valence-electron chi connectivity index (χ0n) is 9.19. The van der Waals surface area contributed by atoms with Gasteiger partial charge in [-0.3, -0.25) is 4.84 Å². The lowest BCUT2D eigenvalue weighted by Crippen LogP contribution is -2.26. The van der Waals surface area contributed by atoms with Gasteiger partial charge in [0.05, 0.1) is 12.1 Å². The van der Waals surface area contributed by atoms with Gasteiger partial charge in [-0.2, -0.15) is 0 Å². The molecule has 0 aliphatic rings. The molecule has 90 valence electrons. The van der Waals surface area contributed by atoms with E-state index < -0.39 is 10.0 Å². The summed E-state index contributed by atoms with van der Waals surface area (Å²) >= 11 is 5.87. The number of rotatable bonds is 3. The summed E-state index contributed by atoms with van der Waals surface area (Å²) in [6, 6.07) is 2.83. The lowest BCUT2D eigenvalue weighted by Gasteiger charge is -2.16. The highest BCUT2D eigenvalue weighted by Gasteiger charge is 2.24. The van der Waals surface area contributed by atoms with E-state index in [4.69, 9.17) is 17.3 Å². The van der Waals surface area contributed by atoms with Crippen LogP contribution >= 0.6 is 11.6 Å². The fourth-order valence-electron chi connectivity index (χ4n) is 1.10. The minimum Gasteiger partial charge on any atom is -0.398 e. The molecule has 0 radical (unpaired) electrons. The first kappa shape index (κ1) is 13.2. The second-order valence-electron chi connectivity index (χ2n) is 3.24. The maximum Gasteiger partial charge on any atom is 0.266 e. The number of hydrogen-bond acceptors (Lipinski definition) is 4. The predicted octanol–water partition coefficient (Wildman–Crippen LogP) is 1.41. The Morgan fingerprint density at radius 1 is 1.44 bits per heavy atom. The third kappa shape index (κ3) is 2.30. The van der Waals surface area contributed by atoms with Crippen molar-refractivity contribution in [1.82, 2.24) is 4.47 Å². The van der Waals surface area contributed by atoms with Gasteiger partial charge in [0.25, 0.3) is 10.0 Å². The quantitative estimate of drug-likeness (QED) is 0.662. The first-order chi connectivity index (χ1) is 7.30. The minimum atomic E-state index is -3.76. The van der Waals surface area contributed by atoms with Crippen LogP contribution in [0.3, 0.4) is 0 Å².